The van der Waals surface area contributed by atoms with Crippen LogP contribution in [0.3, 0.4) is 0 Å². The summed E-state index contributed by atoms with van der Waals surface area (Å²) < 4.78 is 1.33. The fourth-order valence-electron chi connectivity index (χ4n) is 1.07. The molecule has 0 fully saturated rings. The molecule has 1 aromatic carbocycles. The second-order valence-electron chi connectivity index (χ2n) is 2.49. The first-order valence-electron chi connectivity index (χ1n) is 3.51. The molecular formula is C7H5Cl2N3O. The zero-order chi connectivity index (χ0) is 9.42. The van der Waals surface area contributed by atoms with E-state index in [4.69, 9.17) is 28.3 Å². The van der Waals surface area contributed by atoms with E-state index in [0.717, 1.165) is 0 Å². The highest BCUT2D eigenvalue weighted by molar-refractivity contribution is 6.42. The molecule has 13 heavy (non-hydrogen) atoms. The average molecular weight is 218 g/mol. The highest BCUT2D eigenvalue weighted by atomic mass is 35.5. The van der Waals surface area contributed by atoms with E-state index in [1.165, 1.54) is 4.68 Å². The van der Waals surface area contributed by atoms with Crippen molar-refractivity contribution in [1.82, 2.24) is 15.0 Å². The van der Waals surface area contributed by atoms with Crippen molar-refractivity contribution in [3.63, 3.8) is 0 Å². The number of fused-ring (bicyclic) bond motifs is 1. The molecule has 4 nitrogen and oxygen atoms in total. The van der Waals surface area contributed by atoms with Crippen molar-refractivity contribution >= 4 is 34.2 Å². The molecule has 0 unspecified atom stereocenters. The molecule has 0 spiro atoms. The van der Waals surface area contributed by atoms with E-state index in [9.17, 15) is 0 Å². The Labute approximate surface area is 83.7 Å². The summed E-state index contributed by atoms with van der Waals surface area (Å²) in [6, 6.07) is 3.23. The highest BCUT2D eigenvalue weighted by Crippen LogP contribution is 2.26. The minimum absolute atomic E-state index is 0.228. The van der Waals surface area contributed by atoms with Crippen molar-refractivity contribution in [2.45, 2.75) is 6.73 Å². The molecule has 1 aromatic heterocycles. The summed E-state index contributed by atoms with van der Waals surface area (Å²) in [6.07, 6.45) is 0. The largest absolute Gasteiger partial charge is 0.374 e. The second-order valence-corrected chi connectivity index (χ2v) is 3.30. The van der Waals surface area contributed by atoms with Gasteiger partial charge in [0.25, 0.3) is 0 Å². The minimum Gasteiger partial charge on any atom is -0.374 e. The lowest BCUT2D eigenvalue weighted by molar-refractivity contribution is 0.197. The maximum Gasteiger partial charge on any atom is 0.138 e. The fourth-order valence-corrected chi connectivity index (χ4v) is 1.38. The zero-order valence-corrected chi connectivity index (χ0v) is 7.92. The number of hydrogen-bond acceptors (Lipinski definition) is 3. The normalized spacial score (nSPS) is 11.0. The number of aliphatic hydroxyl groups excluding tert-OH is 1. The van der Waals surface area contributed by atoms with Crippen molar-refractivity contribution < 1.29 is 5.11 Å². The first kappa shape index (κ1) is 8.74. The Balaban J connectivity index is 2.77. The number of aliphatic hydroxyl groups is 1. The highest BCUT2D eigenvalue weighted by Gasteiger charge is 2.06. The summed E-state index contributed by atoms with van der Waals surface area (Å²) in [7, 11) is 0. The van der Waals surface area contributed by atoms with Crippen molar-refractivity contribution in [3.8, 4) is 0 Å². The molecule has 1 N–H and O–H groups in total. The summed E-state index contributed by atoms with van der Waals surface area (Å²) in [5.41, 5.74) is 1.28. The van der Waals surface area contributed by atoms with E-state index in [-0.39, 0.29) is 6.73 Å². The van der Waals surface area contributed by atoms with Crippen LogP contribution in [0, 0.1) is 0 Å². The quantitative estimate of drug-likeness (QED) is 0.792. The van der Waals surface area contributed by atoms with Gasteiger partial charge in [0.2, 0.25) is 0 Å². The molecule has 0 amide bonds. The molecule has 2 rings (SSSR count). The van der Waals surface area contributed by atoms with Gasteiger partial charge in [-0.3, -0.25) is 0 Å². The van der Waals surface area contributed by atoms with E-state index in [1.807, 2.05) is 0 Å². The van der Waals surface area contributed by atoms with Gasteiger partial charge in [0.1, 0.15) is 12.2 Å². The Kier molecular flexibility index (Phi) is 2.11. The molecule has 0 radical (unpaired) electrons. The molecule has 2 aromatic rings. The van der Waals surface area contributed by atoms with Crippen LogP contribution in [-0.2, 0) is 6.73 Å². The maximum absolute atomic E-state index is 8.87. The van der Waals surface area contributed by atoms with Crippen LogP contribution in [0.1, 0.15) is 0 Å². The molecule has 0 atom stereocenters. The van der Waals surface area contributed by atoms with Crippen molar-refractivity contribution in [2.75, 3.05) is 0 Å². The lowest BCUT2D eigenvalue weighted by Crippen LogP contribution is -1.98. The lowest BCUT2D eigenvalue weighted by Gasteiger charge is -1.97. The van der Waals surface area contributed by atoms with Crippen LogP contribution in [0.15, 0.2) is 12.1 Å². The molecule has 1 heterocycles. The van der Waals surface area contributed by atoms with Gasteiger partial charge in [0, 0.05) is 0 Å². The summed E-state index contributed by atoms with van der Waals surface area (Å²) >= 11 is 11.6. The van der Waals surface area contributed by atoms with Gasteiger partial charge < -0.3 is 5.11 Å². The van der Waals surface area contributed by atoms with Gasteiger partial charge in [-0.05, 0) is 12.1 Å². The number of rotatable bonds is 1. The third kappa shape index (κ3) is 1.37. The van der Waals surface area contributed by atoms with Gasteiger partial charge in [-0.2, -0.15) is 0 Å². The van der Waals surface area contributed by atoms with Crippen molar-refractivity contribution in [1.29, 1.82) is 0 Å². The second kappa shape index (κ2) is 3.14. The van der Waals surface area contributed by atoms with Gasteiger partial charge >= 0.3 is 0 Å². The maximum atomic E-state index is 8.87. The molecular weight excluding hydrogens is 213 g/mol. The van der Waals surface area contributed by atoms with Crippen LogP contribution in [0.2, 0.25) is 10.0 Å². The molecule has 0 aliphatic carbocycles. The van der Waals surface area contributed by atoms with Gasteiger partial charge in [0.05, 0.1) is 15.6 Å². The fraction of sp³-hybridized carbons (Fsp3) is 0.143. The Morgan fingerprint density at radius 3 is 2.69 bits per heavy atom. The summed E-state index contributed by atoms with van der Waals surface area (Å²) in [4.78, 5) is 0. The summed E-state index contributed by atoms with van der Waals surface area (Å²) in [5.74, 6) is 0. The van der Waals surface area contributed by atoms with Crippen molar-refractivity contribution in [2.24, 2.45) is 0 Å². The van der Waals surface area contributed by atoms with Crippen LogP contribution in [0.25, 0.3) is 11.0 Å². The molecule has 0 aliphatic rings. The Bertz CT molecular complexity index is 454. The number of nitrogens with zero attached hydrogens (tertiary/aromatic N) is 3. The van der Waals surface area contributed by atoms with E-state index in [0.29, 0.717) is 21.1 Å². The van der Waals surface area contributed by atoms with Crippen LogP contribution in [0.5, 0.6) is 0 Å². The zero-order valence-electron chi connectivity index (χ0n) is 6.41. The first-order chi connectivity index (χ1) is 6.22. The number of benzene rings is 1. The summed E-state index contributed by atoms with van der Waals surface area (Å²) in [5, 5.41) is 17.2. The monoisotopic (exact) mass is 217 g/mol. The average Bonchev–Trinajstić information content (AvgIpc) is 2.48. The van der Waals surface area contributed by atoms with Gasteiger partial charge in [0.15, 0.2) is 0 Å². The van der Waals surface area contributed by atoms with E-state index < -0.39 is 0 Å². The predicted octanol–water partition coefficient (Wildman–Crippen LogP) is 1.69. The minimum atomic E-state index is -0.228. The van der Waals surface area contributed by atoms with E-state index in [1.54, 1.807) is 12.1 Å². The molecule has 0 saturated carbocycles. The molecule has 68 valence electrons. The van der Waals surface area contributed by atoms with Crippen LogP contribution >= 0.6 is 23.2 Å². The van der Waals surface area contributed by atoms with Gasteiger partial charge in [-0.1, -0.05) is 28.4 Å². The van der Waals surface area contributed by atoms with Crippen molar-refractivity contribution in [3.05, 3.63) is 22.2 Å². The van der Waals surface area contributed by atoms with Gasteiger partial charge in [-0.15, -0.1) is 5.10 Å². The number of hydrogen-bond donors (Lipinski definition) is 1. The standard InChI is InChI=1S/C7H5Cl2N3O/c8-4-1-6-7(2-5(4)9)12(3-13)11-10-6/h1-2,13H,3H2. The predicted molar refractivity (Wildman–Crippen MR) is 49.8 cm³/mol. The number of aromatic nitrogens is 3. The lowest BCUT2D eigenvalue weighted by atomic mass is 10.3. The molecule has 6 heteroatoms. The topological polar surface area (TPSA) is 50.9 Å². The summed E-state index contributed by atoms with van der Waals surface area (Å²) in [6.45, 7) is -0.228. The molecule has 0 bridgehead atoms. The van der Waals surface area contributed by atoms with E-state index in [2.05, 4.69) is 10.3 Å². The first-order valence-corrected chi connectivity index (χ1v) is 4.27. The number of halogens is 2. The van der Waals surface area contributed by atoms with Crippen LogP contribution in [-0.4, -0.2) is 20.1 Å². The Morgan fingerprint density at radius 2 is 2.00 bits per heavy atom. The van der Waals surface area contributed by atoms with Gasteiger partial charge in [-0.25, -0.2) is 4.68 Å². The smallest absolute Gasteiger partial charge is 0.138 e. The van der Waals surface area contributed by atoms with E-state index >= 15 is 0 Å². The molecule has 0 saturated heterocycles. The Hall–Kier alpha value is -0.840. The molecule has 0 aliphatic heterocycles. The Morgan fingerprint density at radius 1 is 1.31 bits per heavy atom. The third-order valence-electron chi connectivity index (χ3n) is 1.69. The van der Waals surface area contributed by atoms with Crippen LogP contribution in [0.4, 0.5) is 0 Å². The van der Waals surface area contributed by atoms with Crippen LogP contribution < -0.4 is 0 Å². The SMILES string of the molecule is OCn1nnc2cc(Cl)c(Cl)cc21. The third-order valence-corrected chi connectivity index (χ3v) is 2.41.